The van der Waals surface area contributed by atoms with Gasteiger partial charge in [0.25, 0.3) is 0 Å². The number of amides is 1. The van der Waals surface area contributed by atoms with Crippen LogP contribution < -0.4 is 15.5 Å². The van der Waals surface area contributed by atoms with E-state index in [1.54, 1.807) is 11.3 Å². The maximum atomic E-state index is 11.8. The van der Waals surface area contributed by atoms with E-state index in [1.165, 1.54) is 0 Å². The fraction of sp³-hybridized carbons (Fsp3) is 0.500. The number of piperazine rings is 1. The maximum absolute atomic E-state index is 11.8. The average molecular weight is 279 g/mol. The van der Waals surface area contributed by atoms with Crippen LogP contribution in [0.15, 0.2) is 11.6 Å². The zero-order valence-electron chi connectivity index (χ0n) is 11.0. The maximum Gasteiger partial charge on any atom is 0.242 e. The number of fused-ring (bicyclic) bond motifs is 1. The largest absolute Gasteiger partial charge is 0.353 e. The summed E-state index contributed by atoms with van der Waals surface area (Å²) >= 11 is 1.61. The zero-order valence-corrected chi connectivity index (χ0v) is 11.8. The Kier molecular flexibility index (Phi) is 3.16. The standard InChI is InChI=1S/C12H17N5OS/c1-8-11(18)14-3-4-16(8)10-9(7-13-2)17-5-6-19-12(17)15-10/h5-6,8,13H,3-4,7H2,1-2H3,(H,14,18). The van der Waals surface area contributed by atoms with Crippen LogP contribution in [0.5, 0.6) is 0 Å². The number of rotatable bonds is 3. The molecule has 1 unspecified atom stereocenters. The highest BCUT2D eigenvalue weighted by molar-refractivity contribution is 7.15. The quantitative estimate of drug-likeness (QED) is 0.856. The lowest BCUT2D eigenvalue weighted by molar-refractivity contribution is -0.122. The van der Waals surface area contributed by atoms with Gasteiger partial charge < -0.3 is 15.5 Å². The first-order chi connectivity index (χ1) is 9.22. The van der Waals surface area contributed by atoms with Gasteiger partial charge in [0.1, 0.15) is 6.04 Å². The molecule has 3 heterocycles. The molecule has 7 heteroatoms. The van der Waals surface area contributed by atoms with Gasteiger partial charge in [0.05, 0.1) is 5.69 Å². The number of anilines is 1. The van der Waals surface area contributed by atoms with Crippen molar-refractivity contribution in [3.8, 4) is 0 Å². The number of nitrogens with one attached hydrogen (secondary N) is 2. The van der Waals surface area contributed by atoms with E-state index in [2.05, 4.69) is 24.9 Å². The first-order valence-corrected chi connectivity index (χ1v) is 7.23. The molecule has 2 N–H and O–H groups in total. The van der Waals surface area contributed by atoms with E-state index in [0.29, 0.717) is 6.54 Å². The molecule has 2 aromatic heterocycles. The minimum atomic E-state index is -0.172. The van der Waals surface area contributed by atoms with Crippen LogP contribution in [-0.2, 0) is 11.3 Å². The Morgan fingerprint density at radius 2 is 2.47 bits per heavy atom. The van der Waals surface area contributed by atoms with Crippen molar-refractivity contribution in [2.45, 2.75) is 19.5 Å². The Labute approximate surface area is 115 Å². The number of imidazole rings is 1. The summed E-state index contributed by atoms with van der Waals surface area (Å²) in [7, 11) is 1.92. The molecule has 0 aliphatic carbocycles. The number of hydrogen-bond donors (Lipinski definition) is 2. The second-order valence-electron chi connectivity index (χ2n) is 4.63. The zero-order chi connectivity index (χ0) is 13.4. The molecule has 0 bridgehead atoms. The van der Waals surface area contributed by atoms with Gasteiger partial charge in [-0.1, -0.05) is 0 Å². The van der Waals surface area contributed by atoms with Gasteiger partial charge in [0, 0.05) is 31.2 Å². The third-order valence-corrected chi connectivity index (χ3v) is 4.21. The summed E-state index contributed by atoms with van der Waals surface area (Å²) in [5.41, 5.74) is 1.11. The molecule has 1 amide bonds. The summed E-state index contributed by atoms with van der Waals surface area (Å²) in [6.45, 7) is 4.13. The second kappa shape index (κ2) is 4.82. The number of carbonyl (C=O) groups is 1. The van der Waals surface area contributed by atoms with Crippen molar-refractivity contribution in [3.63, 3.8) is 0 Å². The molecule has 0 spiro atoms. The molecule has 1 aliphatic heterocycles. The van der Waals surface area contributed by atoms with Gasteiger partial charge in [0.15, 0.2) is 10.8 Å². The average Bonchev–Trinajstić information content (AvgIpc) is 2.96. The minimum absolute atomic E-state index is 0.0676. The van der Waals surface area contributed by atoms with Gasteiger partial charge in [-0.25, -0.2) is 4.98 Å². The van der Waals surface area contributed by atoms with Gasteiger partial charge in [-0.3, -0.25) is 9.20 Å². The summed E-state index contributed by atoms with van der Waals surface area (Å²) in [5.74, 6) is 0.988. The summed E-state index contributed by atoms with van der Waals surface area (Å²) in [5, 5.41) is 8.08. The highest BCUT2D eigenvalue weighted by Gasteiger charge is 2.29. The summed E-state index contributed by atoms with van der Waals surface area (Å²) in [4.78, 5) is 19.5. The van der Waals surface area contributed by atoms with E-state index in [4.69, 9.17) is 0 Å². The normalized spacial score (nSPS) is 20.0. The van der Waals surface area contributed by atoms with Crippen LogP contribution in [0.3, 0.4) is 0 Å². The van der Waals surface area contributed by atoms with Crippen LogP contribution in [-0.4, -0.2) is 41.5 Å². The SMILES string of the molecule is CNCc1c(N2CCNC(=O)C2C)nc2sccn12. The number of nitrogens with zero attached hydrogens (tertiary/aromatic N) is 3. The molecule has 1 atom stereocenters. The number of aromatic nitrogens is 2. The lowest BCUT2D eigenvalue weighted by Gasteiger charge is -2.33. The highest BCUT2D eigenvalue weighted by Crippen LogP contribution is 2.26. The van der Waals surface area contributed by atoms with E-state index < -0.39 is 0 Å². The van der Waals surface area contributed by atoms with Crippen molar-refractivity contribution in [1.82, 2.24) is 20.0 Å². The lowest BCUT2D eigenvalue weighted by Crippen LogP contribution is -2.54. The molecule has 102 valence electrons. The summed E-state index contributed by atoms with van der Waals surface area (Å²) in [6.07, 6.45) is 2.03. The molecule has 0 radical (unpaired) electrons. The Balaban J connectivity index is 2.05. The predicted octanol–water partition coefficient (Wildman–Crippen LogP) is 0.440. The molecule has 0 aromatic carbocycles. The molecule has 6 nitrogen and oxygen atoms in total. The van der Waals surface area contributed by atoms with Gasteiger partial charge in [0.2, 0.25) is 5.91 Å². The summed E-state index contributed by atoms with van der Waals surface area (Å²) < 4.78 is 2.09. The molecule has 2 aromatic rings. The minimum Gasteiger partial charge on any atom is -0.353 e. The van der Waals surface area contributed by atoms with Crippen LogP contribution in [0.1, 0.15) is 12.6 Å². The van der Waals surface area contributed by atoms with Crippen LogP contribution >= 0.6 is 11.3 Å². The van der Waals surface area contributed by atoms with Crippen LogP contribution in [0.25, 0.3) is 4.96 Å². The van der Waals surface area contributed by atoms with Crippen molar-refractivity contribution in [2.24, 2.45) is 0 Å². The van der Waals surface area contributed by atoms with Crippen molar-refractivity contribution in [2.75, 3.05) is 25.0 Å². The van der Waals surface area contributed by atoms with Gasteiger partial charge in [-0.15, -0.1) is 11.3 Å². The second-order valence-corrected chi connectivity index (χ2v) is 5.50. The molecule has 1 saturated heterocycles. The van der Waals surface area contributed by atoms with Crippen molar-refractivity contribution < 1.29 is 4.79 Å². The lowest BCUT2D eigenvalue weighted by atomic mass is 10.2. The molecule has 1 fully saturated rings. The molecular formula is C12H17N5OS. The first-order valence-electron chi connectivity index (χ1n) is 6.35. The molecule has 1 aliphatic rings. The Hall–Kier alpha value is -1.60. The van der Waals surface area contributed by atoms with E-state index in [-0.39, 0.29) is 11.9 Å². The van der Waals surface area contributed by atoms with Crippen LogP contribution in [0.4, 0.5) is 5.82 Å². The third-order valence-electron chi connectivity index (χ3n) is 3.46. The van der Waals surface area contributed by atoms with Gasteiger partial charge >= 0.3 is 0 Å². The van der Waals surface area contributed by atoms with Crippen molar-refractivity contribution in [3.05, 3.63) is 17.3 Å². The molecule has 3 rings (SSSR count). The number of hydrogen-bond acceptors (Lipinski definition) is 5. The smallest absolute Gasteiger partial charge is 0.242 e. The Morgan fingerprint density at radius 1 is 1.63 bits per heavy atom. The fourth-order valence-corrected chi connectivity index (χ4v) is 3.18. The summed E-state index contributed by atoms with van der Waals surface area (Å²) in [6, 6.07) is -0.172. The van der Waals surface area contributed by atoms with Crippen LogP contribution in [0.2, 0.25) is 0 Å². The highest BCUT2D eigenvalue weighted by atomic mass is 32.1. The van der Waals surface area contributed by atoms with Gasteiger partial charge in [-0.05, 0) is 14.0 Å². The molecule has 19 heavy (non-hydrogen) atoms. The van der Waals surface area contributed by atoms with E-state index in [0.717, 1.165) is 29.6 Å². The molecular weight excluding hydrogens is 262 g/mol. The van der Waals surface area contributed by atoms with Gasteiger partial charge in [-0.2, -0.15) is 0 Å². The van der Waals surface area contributed by atoms with Crippen LogP contribution in [0, 0.1) is 0 Å². The number of carbonyl (C=O) groups excluding carboxylic acids is 1. The van der Waals surface area contributed by atoms with E-state index >= 15 is 0 Å². The number of thiazole rings is 1. The van der Waals surface area contributed by atoms with E-state index in [9.17, 15) is 4.79 Å². The first kappa shape index (κ1) is 12.4. The van der Waals surface area contributed by atoms with Crippen molar-refractivity contribution >= 4 is 28.0 Å². The van der Waals surface area contributed by atoms with E-state index in [1.807, 2.05) is 25.5 Å². The predicted molar refractivity (Wildman–Crippen MR) is 75.7 cm³/mol. The third kappa shape index (κ3) is 1.98. The van der Waals surface area contributed by atoms with Crippen molar-refractivity contribution in [1.29, 1.82) is 0 Å². The monoisotopic (exact) mass is 279 g/mol. The molecule has 0 saturated carbocycles. The Morgan fingerprint density at radius 3 is 3.26 bits per heavy atom. The Bertz CT molecular complexity index is 604. The topological polar surface area (TPSA) is 61.7 Å². The fourth-order valence-electron chi connectivity index (χ4n) is 2.45.